The van der Waals surface area contributed by atoms with Crippen LogP contribution in [-0.4, -0.2) is 23.9 Å². The normalized spacial score (nSPS) is 27.2. The van der Waals surface area contributed by atoms with Crippen molar-refractivity contribution in [3.8, 4) is 0 Å². The lowest BCUT2D eigenvalue weighted by atomic mass is 10.0. The molecule has 1 aliphatic heterocycles. The van der Waals surface area contributed by atoms with Gasteiger partial charge in [0.05, 0.1) is 6.04 Å². The minimum absolute atomic E-state index is 0.193. The molecule has 16 heavy (non-hydrogen) atoms. The van der Waals surface area contributed by atoms with E-state index in [-0.39, 0.29) is 5.60 Å². The quantitative estimate of drug-likeness (QED) is 0.878. The van der Waals surface area contributed by atoms with E-state index in [2.05, 4.69) is 29.4 Å². The topological polar surface area (TPSA) is 47.0 Å². The van der Waals surface area contributed by atoms with Crippen LogP contribution in [0.15, 0.2) is 0 Å². The van der Waals surface area contributed by atoms with E-state index in [0.717, 1.165) is 35.9 Å². The average Bonchev–Trinajstić information content (AvgIpc) is 2.90. The first-order chi connectivity index (χ1) is 7.69. The second-order valence-corrected chi connectivity index (χ2v) is 5.39. The van der Waals surface area contributed by atoms with Crippen molar-refractivity contribution in [3.63, 3.8) is 0 Å². The number of aromatic nitrogens is 2. The van der Waals surface area contributed by atoms with E-state index in [1.54, 1.807) is 11.3 Å². The number of nitrogens with one attached hydrogen (secondary N) is 1. The van der Waals surface area contributed by atoms with Crippen molar-refractivity contribution < 1.29 is 4.74 Å². The van der Waals surface area contributed by atoms with Gasteiger partial charge in [0.1, 0.15) is 15.6 Å². The van der Waals surface area contributed by atoms with Crippen LogP contribution in [0.5, 0.6) is 0 Å². The fraction of sp³-hybridized carbons (Fsp3) is 0.818. The molecule has 2 heterocycles. The van der Waals surface area contributed by atoms with Crippen LogP contribution in [0.25, 0.3) is 0 Å². The molecule has 1 aromatic heterocycles. The molecule has 2 unspecified atom stereocenters. The molecule has 0 bridgehead atoms. The van der Waals surface area contributed by atoms with Crippen molar-refractivity contribution in [2.75, 3.05) is 13.7 Å². The van der Waals surface area contributed by atoms with Gasteiger partial charge in [-0.2, -0.15) is 0 Å². The number of hydrogen-bond acceptors (Lipinski definition) is 5. The van der Waals surface area contributed by atoms with Crippen molar-refractivity contribution >= 4 is 11.3 Å². The van der Waals surface area contributed by atoms with Gasteiger partial charge >= 0.3 is 0 Å². The Hall–Kier alpha value is -0.520. The highest BCUT2D eigenvalue weighted by Gasteiger charge is 2.35. The van der Waals surface area contributed by atoms with E-state index >= 15 is 0 Å². The fourth-order valence-electron chi connectivity index (χ4n) is 2.04. The summed E-state index contributed by atoms with van der Waals surface area (Å²) in [5, 5.41) is 13.9. The van der Waals surface area contributed by atoms with Gasteiger partial charge in [0.2, 0.25) is 0 Å². The Bertz CT molecular complexity index is 343. The zero-order valence-corrected chi connectivity index (χ0v) is 10.9. The maximum absolute atomic E-state index is 5.77. The van der Waals surface area contributed by atoms with Crippen LogP contribution in [-0.2, 0) is 10.3 Å². The summed E-state index contributed by atoms with van der Waals surface area (Å²) in [6, 6.07) is 0.316. The lowest BCUT2D eigenvalue weighted by molar-refractivity contribution is 0.0161. The molecular weight excluding hydrogens is 222 g/mol. The summed E-state index contributed by atoms with van der Waals surface area (Å²) >= 11 is 1.68. The van der Waals surface area contributed by atoms with Crippen LogP contribution in [0.3, 0.4) is 0 Å². The van der Waals surface area contributed by atoms with Crippen LogP contribution >= 0.6 is 11.3 Å². The van der Waals surface area contributed by atoms with E-state index < -0.39 is 0 Å². The van der Waals surface area contributed by atoms with Gasteiger partial charge < -0.3 is 10.1 Å². The van der Waals surface area contributed by atoms with Gasteiger partial charge in [0.15, 0.2) is 0 Å². The van der Waals surface area contributed by atoms with Crippen molar-refractivity contribution in [1.82, 2.24) is 15.5 Å². The molecule has 1 saturated heterocycles. The molecule has 0 aromatic carbocycles. The summed E-state index contributed by atoms with van der Waals surface area (Å²) < 4.78 is 5.77. The van der Waals surface area contributed by atoms with Crippen molar-refractivity contribution in [3.05, 3.63) is 10.0 Å². The lowest BCUT2D eigenvalue weighted by Gasteiger charge is -2.18. The Kier molecular flexibility index (Phi) is 3.56. The van der Waals surface area contributed by atoms with Crippen molar-refractivity contribution in [2.24, 2.45) is 0 Å². The van der Waals surface area contributed by atoms with Crippen LogP contribution < -0.4 is 5.32 Å². The Morgan fingerprint density at radius 2 is 2.38 bits per heavy atom. The van der Waals surface area contributed by atoms with Gasteiger partial charge in [-0.1, -0.05) is 18.3 Å². The van der Waals surface area contributed by atoms with E-state index in [4.69, 9.17) is 4.74 Å². The molecule has 0 aliphatic carbocycles. The Morgan fingerprint density at radius 3 is 2.94 bits per heavy atom. The maximum atomic E-state index is 5.77. The number of ether oxygens (including phenoxy) is 1. The summed E-state index contributed by atoms with van der Waals surface area (Å²) in [6.45, 7) is 5.11. The van der Waals surface area contributed by atoms with E-state index in [0.29, 0.717) is 6.04 Å². The van der Waals surface area contributed by atoms with Gasteiger partial charge in [-0.3, -0.25) is 0 Å². The monoisotopic (exact) mass is 241 g/mol. The van der Waals surface area contributed by atoms with Crippen LogP contribution in [0.4, 0.5) is 0 Å². The highest BCUT2D eigenvalue weighted by Crippen LogP contribution is 2.38. The summed E-state index contributed by atoms with van der Waals surface area (Å²) in [5.74, 6) is 0. The first-order valence-electron chi connectivity index (χ1n) is 5.84. The molecule has 1 N–H and O–H groups in total. The Balaban J connectivity index is 2.18. The van der Waals surface area contributed by atoms with Crippen molar-refractivity contribution in [2.45, 2.75) is 44.8 Å². The van der Waals surface area contributed by atoms with E-state index in [1.165, 1.54) is 0 Å². The predicted octanol–water partition coefficient (Wildman–Crippen LogP) is 2.23. The van der Waals surface area contributed by atoms with E-state index in [1.807, 2.05) is 7.05 Å². The molecule has 1 aliphatic rings. The lowest BCUT2D eigenvalue weighted by Crippen LogP contribution is -2.19. The van der Waals surface area contributed by atoms with Crippen LogP contribution in [0.1, 0.15) is 49.2 Å². The molecule has 5 heteroatoms. The largest absolute Gasteiger partial charge is 0.368 e. The number of hydrogen-bond donors (Lipinski definition) is 1. The van der Waals surface area contributed by atoms with Gasteiger partial charge in [-0.05, 0) is 33.2 Å². The molecule has 4 nitrogen and oxygen atoms in total. The third-order valence-electron chi connectivity index (χ3n) is 3.17. The minimum Gasteiger partial charge on any atom is -0.368 e. The summed E-state index contributed by atoms with van der Waals surface area (Å²) in [7, 11) is 1.96. The highest BCUT2D eigenvalue weighted by atomic mass is 32.1. The molecule has 2 rings (SSSR count). The molecule has 0 saturated carbocycles. The third-order valence-corrected chi connectivity index (χ3v) is 4.45. The zero-order chi connectivity index (χ0) is 11.6. The van der Waals surface area contributed by atoms with Gasteiger partial charge in [-0.25, -0.2) is 0 Å². The number of nitrogens with zero attached hydrogens (tertiary/aromatic N) is 2. The first-order valence-corrected chi connectivity index (χ1v) is 6.66. The highest BCUT2D eigenvalue weighted by molar-refractivity contribution is 7.11. The Morgan fingerprint density at radius 1 is 1.56 bits per heavy atom. The molecule has 0 radical (unpaired) electrons. The van der Waals surface area contributed by atoms with Crippen LogP contribution in [0, 0.1) is 0 Å². The molecule has 2 atom stereocenters. The second-order valence-electron chi connectivity index (χ2n) is 4.38. The third kappa shape index (κ3) is 2.12. The summed E-state index contributed by atoms with van der Waals surface area (Å²) in [5.41, 5.74) is -0.193. The van der Waals surface area contributed by atoms with Crippen molar-refractivity contribution in [1.29, 1.82) is 0 Å². The minimum atomic E-state index is -0.193. The molecule has 0 spiro atoms. The first kappa shape index (κ1) is 12.0. The molecule has 1 aromatic rings. The zero-order valence-electron chi connectivity index (χ0n) is 10.1. The van der Waals surface area contributed by atoms with E-state index in [9.17, 15) is 0 Å². The Labute approximate surface area is 100 Å². The smallest absolute Gasteiger partial charge is 0.149 e. The SMILES string of the molecule is CCC(NC)c1nnc(C2(C)CCCO2)s1. The molecule has 1 fully saturated rings. The average molecular weight is 241 g/mol. The number of rotatable bonds is 4. The van der Waals surface area contributed by atoms with Gasteiger partial charge in [-0.15, -0.1) is 10.2 Å². The predicted molar refractivity (Wildman–Crippen MR) is 64.5 cm³/mol. The second kappa shape index (κ2) is 4.77. The van der Waals surface area contributed by atoms with Gasteiger partial charge in [0, 0.05) is 6.61 Å². The molecule has 0 amide bonds. The van der Waals surface area contributed by atoms with Crippen LogP contribution in [0.2, 0.25) is 0 Å². The standard InChI is InChI=1S/C11H19N3OS/c1-4-8(12-3)9-13-14-10(16-9)11(2)6-5-7-15-11/h8,12H,4-7H2,1-3H3. The molecular formula is C11H19N3OS. The fourth-order valence-corrected chi connectivity index (χ4v) is 3.20. The summed E-state index contributed by atoms with van der Waals surface area (Å²) in [6.07, 6.45) is 3.20. The summed E-state index contributed by atoms with van der Waals surface area (Å²) in [4.78, 5) is 0. The molecule has 90 valence electrons. The maximum Gasteiger partial charge on any atom is 0.149 e. The van der Waals surface area contributed by atoms with Gasteiger partial charge in [0.25, 0.3) is 0 Å².